The van der Waals surface area contributed by atoms with Crippen LogP contribution in [0.5, 0.6) is 0 Å². The van der Waals surface area contributed by atoms with Crippen molar-refractivity contribution in [3.8, 4) is 0 Å². The molecule has 0 atom stereocenters. The number of nitrogens with one attached hydrogen (secondary N) is 1. The van der Waals surface area contributed by atoms with Gasteiger partial charge in [0.2, 0.25) is 5.91 Å². The number of nitrogens with two attached hydrogens (primary N) is 1. The van der Waals surface area contributed by atoms with E-state index in [2.05, 4.69) is 12.2 Å². The number of thiophene rings is 1. The molecule has 3 N–H and O–H groups in total. The number of hydrogen-bond acceptors (Lipinski definition) is 5. The van der Waals surface area contributed by atoms with Gasteiger partial charge in [-0.2, -0.15) is 0 Å². The molecule has 110 valence electrons. The Hall–Kier alpha value is -2.41. The SMILES string of the molecule is CCc1ccc(CNc2cc(C(N)=O)ccc2[N+](=O)[O-])s1. The lowest BCUT2D eigenvalue weighted by Crippen LogP contribution is -2.12. The molecular formula is C14H15N3O3S. The van der Waals surface area contributed by atoms with Crippen LogP contribution >= 0.6 is 11.3 Å². The zero-order valence-electron chi connectivity index (χ0n) is 11.5. The van der Waals surface area contributed by atoms with E-state index in [9.17, 15) is 14.9 Å². The van der Waals surface area contributed by atoms with Gasteiger partial charge in [-0.05, 0) is 30.7 Å². The van der Waals surface area contributed by atoms with Crippen molar-refractivity contribution < 1.29 is 9.72 Å². The maximum absolute atomic E-state index is 11.2. The van der Waals surface area contributed by atoms with Crippen LogP contribution in [-0.4, -0.2) is 10.8 Å². The number of hydrogen-bond donors (Lipinski definition) is 2. The molecular weight excluding hydrogens is 290 g/mol. The van der Waals surface area contributed by atoms with Gasteiger partial charge in [-0.3, -0.25) is 14.9 Å². The molecule has 1 aromatic heterocycles. The topological polar surface area (TPSA) is 98.3 Å². The number of carbonyl (C=O) groups is 1. The van der Waals surface area contributed by atoms with Crippen molar-refractivity contribution in [2.24, 2.45) is 5.73 Å². The fourth-order valence-electron chi connectivity index (χ4n) is 1.88. The van der Waals surface area contributed by atoms with Crippen molar-refractivity contribution in [2.45, 2.75) is 19.9 Å². The first-order chi connectivity index (χ1) is 10.0. The van der Waals surface area contributed by atoms with E-state index >= 15 is 0 Å². The summed E-state index contributed by atoms with van der Waals surface area (Å²) in [5, 5.41) is 14.0. The summed E-state index contributed by atoms with van der Waals surface area (Å²) in [6, 6.07) is 8.07. The van der Waals surface area contributed by atoms with Crippen LogP contribution in [-0.2, 0) is 13.0 Å². The van der Waals surface area contributed by atoms with Gasteiger partial charge in [-0.15, -0.1) is 11.3 Å². The minimum atomic E-state index is -0.614. The Kier molecular flexibility index (Phi) is 4.54. The second kappa shape index (κ2) is 6.36. The third-order valence-electron chi connectivity index (χ3n) is 3.00. The largest absolute Gasteiger partial charge is 0.375 e. The molecule has 1 aromatic carbocycles. The molecule has 0 unspecified atom stereocenters. The van der Waals surface area contributed by atoms with E-state index in [1.807, 2.05) is 12.1 Å². The number of nitrogens with zero attached hydrogens (tertiary/aromatic N) is 1. The van der Waals surface area contributed by atoms with E-state index in [0.29, 0.717) is 12.2 Å². The molecule has 1 heterocycles. The van der Waals surface area contributed by atoms with Crippen LogP contribution in [0.1, 0.15) is 27.0 Å². The number of primary amides is 1. The Bertz CT molecular complexity index is 682. The Morgan fingerprint density at radius 2 is 2.05 bits per heavy atom. The molecule has 0 radical (unpaired) electrons. The minimum absolute atomic E-state index is 0.0766. The first kappa shape index (κ1) is 15.0. The number of benzene rings is 1. The lowest BCUT2D eigenvalue weighted by Gasteiger charge is -2.07. The molecule has 2 aromatic rings. The summed E-state index contributed by atoms with van der Waals surface area (Å²) in [7, 11) is 0. The average molecular weight is 305 g/mol. The summed E-state index contributed by atoms with van der Waals surface area (Å²) in [4.78, 5) is 24.0. The van der Waals surface area contributed by atoms with Gasteiger partial charge in [0, 0.05) is 27.9 Å². The number of carbonyl (C=O) groups excluding carboxylic acids is 1. The third kappa shape index (κ3) is 3.57. The average Bonchev–Trinajstić information content (AvgIpc) is 2.92. The van der Waals surface area contributed by atoms with Gasteiger partial charge in [0.05, 0.1) is 4.92 Å². The lowest BCUT2D eigenvalue weighted by molar-refractivity contribution is -0.384. The minimum Gasteiger partial charge on any atom is -0.375 e. The van der Waals surface area contributed by atoms with Gasteiger partial charge in [0.25, 0.3) is 5.69 Å². The lowest BCUT2D eigenvalue weighted by atomic mass is 10.1. The highest BCUT2D eigenvalue weighted by Crippen LogP contribution is 2.27. The molecule has 1 amide bonds. The summed E-state index contributed by atoms with van der Waals surface area (Å²) < 4.78 is 0. The van der Waals surface area contributed by atoms with Gasteiger partial charge in [0.1, 0.15) is 5.69 Å². The number of anilines is 1. The van der Waals surface area contributed by atoms with Crippen LogP contribution < -0.4 is 11.1 Å². The molecule has 0 aliphatic rings. The quantitative estimate of drug-likeness (QED) is 0.633. The van der Waals surface area contributed by atoms with Crippen molar-refractivity contribution in [1.29, 1.82) is 0 Å². The molecule has 0 bridgehead atoms. The van der Waals surface area contributed by atoms with E-state index in [-0.39, 0.29) is 11.3 Å². The van der Waals surface area contributed by atoms with Gasteiger partial charge >= 0.3 is 0 Å². The molecule has 0 spiro atoms. The number of aryl methyl sites for hydroxylation is 1. The van der Waals surface area contributed by atoms with Crippen LogP contribution in [0.3, 0.4) is 0 Å². The highest BCUT2D eigenvalue weighted by Gasteiger charge is 2.15. The van der Waals surface area contributed by atoms with Crippen molar-refractivity contribution >= 4 is 28.6 Å². The molecule has 2 rings (SSSR count). The second-order valence-electron chi connectivity index (χ2n) is 4.43. The fourth-order valence-corrected chi connectivity index (χ4v) is 2.78. The summed E-state index contributed by atoms with van der Waals surface area (Å²) in [5.74, 6) is -0.614. The maximum atomic E-state index is 11.2. The first-order valence-electron chi connectivity index (χ1n) is 6.41. The van der Waals surface area contributed by atoms with Crippen molar-refractivity contribution in [2.75, 3.05) is 5.32 Å². The number of nitro groups is 1. The fraction of sp³-hybridized carbons (Fsp3) is 0.214. The van der Waals surface area contributed by atoms with E-state index < -0.39 is 10.8 Å². The van der Waals surface area contributed by atoms with Crippen LogP contribution in [0.4, 0.5) is 11.4 Å². The van der Waals surface area contributed by atoms with E-state index in [1.54, 1.807) is 11.3 Å². The summed E-state index contributed by atoms with van der Waals surface area (Å²) in [5.41, 5.74) is 5.66. The van der Waals surface area contributed by atoms with Gasteiger partial charge in [0.15, 0.2) is 0 Å². The molecule has 0 aliphatic carbocycles. The highest BCUT2D eigenvalue weighted by molar-refractivity contribution is 7.12. The zero-order chi connectivity index (χ0) is 15.4. The van der Waals surface area contributed by atoms with Crippen LogP contribution in [0, 0.1) is 10.1 Å². The van der Waals surface area contributed by atoms with E-state index in [1.165, 1.54) is 23.1 Å². The molecule has 0 aliphatic heterocycles. The summed E-state index contributed by atoms with van der Waals surface area (Å²) in [6.07, 6.45) is 0.960. The second-order valence-corrected chi connectivity index (χ2v) is 5.68. The van der Waals surface area contributed by atoms with Crippen molar-refractivity contribution in [3.05, 3.63) is 55.8 Å². The Morgan fingerprint density at radius 1 is 1.33 bits per heavy atom. The van der Waals surface area contributed by atoms with E-state index in [4.69, 9.17) is 5.73 Å². The molecule has 0 saturated heterocycles. The third-order valence-corrected chi connectivity index (χ3v) is 4.23. The Balaban J connectivity index is 2.22. The molecule has 21 heavy (non-hydrogen) atoms. The summed E-state index contributed by atoms with van der Waals surface area (Å²) >= 11 is 1.65. The number of rotatable bonds is 6. The number of amides is 1. The molecule has 6 nitrogen and oxygen atoms in total. The molecule has 7 heteroatoms. The Morgan fingerprint density at radius 3 is 2.62 bits per heavy atom. The zero-order valence-corrected chi connectivity index (χ0v) is 12.3. The van der Waals surface area contributed by atoms with Crippen molar-refractivity contribution in [1.82, 2.24) is 0 Å². The molecule has 0 fully saturated rings. The Labute approximate surface area is 125 Å². The van der Waals surface area contributed by atoms with Crippen LogP contribution in [0.15, 0.2) is 30.3 Å². The van der Waals surface area contributed by atoms with Gasteiger partial charge in [-0.25, -0.2) is 0 Å². The highest BCUT2D eigenvalue weighted by atomic mass is 32.1. The normalized spacial score (nSPS) is 10.3. The van der Waals surface area contributed by atoms with Crippen molar-refractivity contribution in [3.63, 3.8) is 0 Å². The number of nitro benzene ring substituents is 1. The summed E-state index contributed by atoms with van der Waals surface area (Å²) in [6.45, 7) is 2.54. The van der Waals surface area contributed by atoms with Gasteiger partial charge < -0.3 is 11.1 Å². The van der Waals surface area contributed by atoms with E-state index in [0.717, 1.165) is 11.3 Å². The maximum Gasteiger partial charge on any atom is 0.292 e. The smallest absolute Gasteiger partial charge is 0.292 e. The van der Waals surface area contributed by atoms with Gasteiger partial charge in [-0.1, -0.05) is 6.92 Å². The standard InChI is InChI=1S/C14H15N3O3S/c1-2-10-4-5-11(21-10)8-16-12-7-9(14(15)18)3-6-13(12)17(19)20/h3-7,16H,2,8H2,1H3,(H2,15,18). The first-order valence-corrected chi connectivity index (χ1v) is 7.22. The van der Waals surface area contributed by atoms with Crippen LogP contribution in [0.2, 0.25) is 0 Å². The molecule has 0 saturated carbocycles. The predicted octanol–water partition coefficient (Wildman–Crippen LogP) is 2.93. The predicted molar refractivity (Wildman–Crippen MR) is 82.6 cm³/mol. The monoisotopic (exact) mass is 305 g/mol. The van der Waals surface area contributed by atoms with Crippen LogP contribution in [0.25, 0.3) is 0 Å².